The zero-order valence-corrected chi connectivity index (χ0v) is 12.6. The van der Waals surface area contributed by atoms with Crippen molar-refractivity contribution in [1.29, 1.82) is 0 Å². The van der Waals surface area contributed by atoms with Gasteiger partial charge in [-0.05, 0) is 32.4 Å². The first-order valence-corrected chi connectivity index (χ1v) is 7.81. The highest BCUT2D eigenvalue weighted by Gasteiger charge is 2.21. The van der Waals surface area contributed by atoms with Crippen molar-refractivity contribution in [1.82, 2.24) is 15.3 Å². The predicted molar refractivity (Wildman–Crippen MR) is 77.9 cm³/mol. The lowest BCUT2D eigenvalue weighted by Crippen LogP contribution is -2.23. The molecule has 0 radical (unpaired) electrons. The van der Waals surface area contributed by atoms with Gasteiger partial charge in [0.2, 0.25) is 0 Å². The molecule has 1 atom stereocenters. The third-order valence-corrected chi connectivity index (χ3v) is 4.72. The van der Waals surface area contributed by atoms with Gasteiger partial charge < -0.3 is 5.32 Å². The molecule has 1 aliphatic heterocycles. The molecule has 4 heteroatoms. The van der Waals surface area contributed by atoms with Crippen molar-refractivity contribution >= 4 is 11.8 Å². The lowest BCUT2D eigenvalue weighted by atomic mass is 10.1. The molecule has 1 aromatic heterocycles. The Morgan fingerprint density at radius 3 is 2.44 bits per heavy atom. The molecule has 0 amide bonds. The summed E-state index contributed by atoms with van der Waals surface area (Å²) in [7, 11) is 0. The van der Waals surface area contributed by atoms with Crippen LogP contribution in [0.3, 0.4) is 0 Å². The molecular weight excluding hydrogens is 242 g/mol. The summed E-state index contributed by atoms with van der Waals surface area (Å²) in [6, 6.07) is 0.494. The van der Waals surface area contributed by atoms with Crippen LogP contribution in [0, 0.1) is 13.8 Å². The molecule has 0 aliphatic carbocycles. The summed E-state index contributed by atoms with van der Waals surface area (Å²) in [5.41, 5.74) is 3.53. The fourth-order valence-corrected chi connectivity index (χ4v) is 3.46. The van der Waals surface area contributed by atoms with E-state index in [9.17, 15) is 0 Å². The number of aryl methyl sites for hydroxylation is 2. The Morgan fingerprint density at radius 2 is 1.94 bits per heavy atom. The van der Waals surface area contributed by atoms with Crippen molar-refractivity contribution < 1.29 is 0 Å². The number of nitrogens with zero attached hydrogens (tertiary/aromatic N) is 2. The van der Waals surface area contributed by atoms with E-state index in [1.165, 1.54) is 24.2 Å². The minimum Gasteiger partial charge on any atom is -0.310 e. The van der Waals surface area contributed by atoms with Crippen molar-refractivity contribution in [3.63, 3.8) is 0 Å². The fourth-order valence-electron chi connectivity index (χ4n) is 2.25. The van der Waals surface area contributed by atoms with Crippen molar-refractivity contribution in [2.24, 2.45) is 0 Å². The van der Waals surface area contributed by atoms with Gasteiger partial charge in [-0.1, -0.05) is 13.8 Å². The number of thioether (sulfide) groups is 1. The van der Waals surface area contributed by atoms with E-state index in [2.05, 4.69) is 33.0 Å². The highest BCUT2D eigenvalue weighted by Crippen LogP contribution is 2.38. The lowest BCUT2D eigenvalue weighted by Gasteiger charge is -2.15. The number of aromatic nitrogens is 2. The molecule has 2 heterocycles. The van der Waals surface area contributed by atoms with Gasteiger partial charge in [0.1, 0.15) is 5.82 Å². The third-order valence-electron chi connectivity index (χ3n) is 3.34. The van der Waals surface area contributed by atoms with Gasteiger partial charge in [-0.25, -0.2) is 9.97 Å². The highest BCUT2D eigenvalue weighted by atomic mass is 32.2. The molecule has 3 nitrogen and oxygen atoms in total. The van der Waals surface area contributed by atoms with Crippen LogP contribution < -0.4 is 5.32 Å². The lowest BCUT2D eigenvalue weighted by molar-refractivity contribution is 0.581. The van der Waals surface area contributed by atoms with E-state index in [0.29, 0.717) is 11.3 Å². The second kappa shape index (κ2) is 6.02. The molecule has 1 fully saturated rings. The molecule has 2 rings (SSSR count). The van der Waals surface area contributed by atoms with Gasteiger partial charge in [-0.3, -0.25) is 0 Å². The number of hydrogen-bond acceptors (Lipinski definition) is 4. The molecular formula is C14H23N3S. The Kier molecular flexibility index (Phi) is 4.62. The Bertz CT molecular complexity index is 388. The molecule has 0 aromatic carbocycles. The summed E-state index contributed by atoms with van der Waals surface area (Å²) < 4.78 is 0. The monoisotopic (exact) mass is 265 g/mol. The summed E-state index contributed by atoms with van der Waals surface area (Å²) in [5.74, 6) is 2.30. The number of rotatable bonds is 4. The smallest absolute Gasteiger partial charge is 0.141 e. The molecule has 1 aromatic rings. The van der Waals surface area contributed by atoms with Crippen LogP contribution in [-0.2, 0) is 6.54 Å². The van der Waals surface area contributed by atoms with E-state index in [1.54, 1.807) is 0 Å². The molecule has 100 valence electrons. The van der Waals surface area contributed by atoms with Crippen molar-refractivity contribution in [3.8, 4) is 0 Å². The Morgan fingerprint density at radius 1 is 1.28 bits per heavy atom. The first kappa shape index (κ1) is 13.8. The van der Waals surface area contributed by atoms with Gasteiger partial charge in [0.05, 0.1) is 5.25 Å². The standard InChI is InChI=1S/C14H23N3S/c1-9(2)15-8-12-10(3)16-14(17-11(12)4)13-6-5-7-18-13/h9,13,15H,5-8H2,1-4H3. The molecule has 0 spiro atoms. The van der Waals surface area contributed by atoms with Crippen LogP contribution in [-0.4, -0.2) is 21.8 Å². The van der Waals surface area contributed by atoms with Gasteiger partial charge in [0, 0.05) is 29.5 Å². The van der Waals surface area contributed by atoms with Gasteiger partial charge >= 0.3 is 0 Å². The highest BCUT2D eigenvalue weighted by molar-refractivity contribution is 7.99. The fraction of sp³-hybridized carbons (Fsp3) is 0.714. The van der Waals surface area contributed by atoms with E-state index < -0.39 is 0 Å². The van der Waals surface area contributed by atoms with E-state index in [-0.39, 0.29) is 0 Å². The normalized spacial score (nSPS) is 19.7. The summed E-state index contributed by atoms with van der Waals surface area (Å²) in [6.07, 6.45) is 2.53. The van der Waals surface area contributed by atoms with Gasteiger partial charge in [-0.2, -0.15) is 11.8 Å². The summed E-state index contributed by atoms with van der Waals surface area (Å²) >= 11 is 2.00. The van der Waals surface area contributed by atoms with E-state index in [0.717, 1.165) is 23.8 Å². The van der Waals surface area contributed by atoms with E-state index >= 15 is 0 Å². The largest absolute Gasteiger partial charge is 0.310 e. The van der Waals surface area contributed by atoms with Gasteiger partial charge in [0.25, 0.3) is 0 Å². The molecule has 0 bridgehead atoms. The molecule has 1 unspecified atom stereocenters. The molecule has 0 saturated carbocycles. The Labute approximate surface area is 114 Å². The Hall–Kier alpha value is -0.610. The van der Waals surface area contributed by atoms with Crippen molar-refractivity contribution in [3.05, 3.63) is 22.8 Å². The van der Waals surface area contributed by atoms with Gasteiger partial charge in [0.15, 0.2) is 0 Å². The van der Waals surface area contributed by atoms with Gasteiger partial charge in [-0.15, -0.1) is 0 Å². The maximum Gasteiger partial charge on any atom is 0.141 e. The zero-order valence-electron chi connectivity index (χ0n) is 11.8. The first-order valence-electron chi connectivity index (χ1n) is 6.77. The van der Waals surface area contributed by atoms with Crippen LogP contribution in [0.2, 0.25) is 0 Å². The molecule has 1 saturated heterocycles. The molecule has 1 N–H and O–H groups in total. The summed E-state index contributed by atoms with van der Waals surface area (Å²) in [4.78, 5) is 9.44. The van der Waals surface area contributed by atoms with E-state index in [1.807, 2.05) is 11.8 Å². The maximum atomic E-state index is 4.72. The maximum absolute atomic E-state index is 4.72. The second-order valence-electron chi connectivity index (χ2n) is 5.27. The summed E-state index contributed by atoms with van der Waals surface area (Å²) in [5, 5.41) is 3.97. The average Bonchev–Trinajstić information content (AvgIpc) is 2.80. The Balaban J connectivity index is 2.17. The quantitative estimate of drug-likeness (QED) is 0.907. The van der Waals surface area contributed by atoms with Crippen LogP contribution in [0.1, 0.15) is 54.7 Å². The van der Waals surface area contributed by atoms with Crippen molar-refractivity contribution in [2.45, 2.75) is 58.4 Å². The van der Waals surface area contributed by atoms with Crippen LogP contribution in [0.5, 0.6) is 0 Å². The minimum atomic E-state index is 0.494. The molecule has 1 aliphatic rings. The minimum absolute atomic E-state index is 0.494. The van der Waals surface area contributed by atoms with Crippen molar-refractivity contribution in [2.75, 3.05) is 5.75 Å². The van der Waals surface area contributed by atoms with Crippen LogP contribution in [0.25, 0.3) is 0 Å². The summed E-state index contributed by atoms with van der Waals surface area (Å²) in [6.45, 7) is 9.40. The number of nitrogens with one attached hydrogen (secondary N) is 1. The second-order valence-corrected chi connectivity index (χ2v) is 6.58. The van der Waals surface area contributed by atoms with Crippen LogP contribution >= 0.6 is 11.8 Å². The zero-order chi connectivity index (χ0) is 13.1. The third kappa shape index (κ3) is 3.23. The molecule has 18 heavy (non-hydrogen) atoms. The number of hydrogen-bond donors (Lipinski definition) is 1. The van der Waals surface area contributed by atoms with Crippen LogP contribution in [0.4, 0.5) is 0 Å². The first-order chi connectivity index (χ1) is 8.58. The SMILES string of the molecule is Cc1nc(C2CCCS2)nc(C)c1CNC(C)C. The topological polar surface area (TPSA) is 37.8 Å². The predicted octanol–water partition coefficient (Wildman–Crippen LogP) is 3.16. The van der Waals surface area contributed by atoms with E-state index in [4.69, 9.17) is 9.97 Å². The van der Waals surface area contributed by atoms with Crippen LogP contribution in [0.15, 0.2) is 0 Å². The average molecular weight is 265 g/mol.